The molecule has 1 aliphatic carbocycles. The van der Waals surface area contributed by atoms with Gasteiger partial charge in [0.25, 0.3) is 0 Å². The summed E-state index contributed by atoms with van der Waals surface area (Å²) in [5.41, 5.74) is 0. The Morgan fingerprint density at radius 1 is 1.35 bits per heavy atom. The lowest BCUT2D eigenvalue weighted by Crippen LogP contribution is -2.38. The maximum atomic E-state index is 11.3. The molecule has 0 bridgehead atoms. The zero-order valence-electron chi connectivity index (χ0n) is 10.7. The smallest absolute Gasteiger partial charge is 0.234 e. The minimum absolute atomic E-state index is 0. The van der Waals surface area contributed by atoms with Gasteiger partial charge in [-0.1, -0.05) is 6.92 Å². The second-order valence-corrected chi connectivity index (χ2v) is 4.32. The van der Waals surface area contributed by atoms with Gasteiger partial charge in [-0.3, -0.25) is 4.79 Å². The van der Waals surface area contributed by atoms with Gasteiger partial charge in [0.1, 0.15) is 0 Å². The van der Waals surface area contributed by atoms with E-state index in [0.717, 1.165) is 32.1 Å². The van der Waals surface area contributed by atoms with E-state index in [2.05, 4.69) is 29.5 Å². The minimum Gasteiger partial charge on any atom is -0.354 e. The van der Waals surface area contributed by atoms with E-state index in [9.17, 15) is 4.79 Å². The number of nitrogens with one attached hydrogen (secondary N) is 2. The highest BCUT2D eigenvalue weighted by Crippen LogP contribution is 2.27. The molecule has 1 amide bonds. The maximum absolute atomic E-state index is 11.3. The molecule has 0 spiro atoms. The fourth-order valence-electron chi connectivity index (χ4n) is 1.32. The Balaban J connectivity index is 0. The van der Waals surface area contributed by atoms with E-state index in [1.807, 2.05) is 0 Å². The van der Waals surface area contributed by atoms with Crippen LogP contribution in [0.5, 0.6) is 0 Å². The molecule has 104 valence electrons. The van der Waals surface area contributed by atoms with Crippen LogP contribution in [0, 0.1) is 5.92 Å². The van der Waals surface area contributed by atoms with E-state index in [-0.39, 0.29) is 30.7 Å². The van der Waals surface area contributed by atoms with Crippen molar-refractivity contribution in [3.8, 4) is 0 Å². The van der Waals surface area contributed by atoms with Crippen LogP contribution in [0.4, 0.5) is 0 Å². The van der Waals surface area contributed by atoms with Crippen molar-refractivity contribution in [1.82, 2.24) is 15.5 Å². The molecule has 0 aliphatic heterocycles. The summed E-state index contributed by atoms with van der Waals surface area (Å²) in [6.45, 7) is 6.27. The molecular weight excluding hydrogens is 261 g/mol. The lowest BCUT2D eigenvalue weighted by molar-refractivity contribution is -0.120. The van der Waals surface area contributed by atoms with Crippen LogP contribution in [-0.2, 0) is 4.79 Å². The van der Waals surface area contributed by atoms with Gasteiger partial charge in [-0.25, -0.2) is 0 Å². The van der Waals surface area contributed by atoms with Crippen LogP contribution in [0.3, 0.4) is 0 Å². The molecule has 1 fully saturated rings. The summed E-state index contributed by atoms with van der Waals surface area (Å²) in [6, 6.07) is 0. The Labute approximate surface area is 117 Å². The molecule has 0 unspecified atom stereocenters. The second-order valence-electron chi connectivity index (χ2n) is 4.32. The van der Waals surface area contributed by atoms with E-state index in [4.69, 9.17) is 0 Å². The van der Waals surface area contributed by atoms with Gasteiger partial charge >= 0.3 is 0 Å². The number of likely N-dealkylation sites (N-methyl/N-ethyl adjacent to an activating group) is 1. The summed E-state index contributed by atoms with van der Waals surface area (Å²) in [4.78, 5) is 13.5. The van der Waals surface area contributed by atoms with Gasteiger partial charge < -0.3 is 15.5 Å². The monoisotopic (exact) mass is 285 g/mol. The van der Waals surface area contributed by atoms with Crippen LogP contribution in [0.1, 0.15) is 19.8 Å². The van der Waals surface area contributed by atoms with Crippen molar-refractivity contribution in [3.05, 3.63) is 0 Å². The van der Waals surface area contributed by atoms with E-state index in [1.54, 1.807) is 0 Å². The van der Waals surface area contributed by atoms with E-state index in [1.165, 1.54) is 12.8 Å². The molecule has 0 atom stereocenters. The largest absolute Gasteiger partial charge is 0.354 e. The van der Waals surface area contributed by atoms with Gasteiger partial charge in [0, 0.05) is 13.1 Å². The van der Waals surface area contributed by atoms with Crippen molar-refractivity contribution < 1.29 is 4.79 Å². The Morgan fingerprint density at radius 3 is 2.53 bits per heavy atom. The first-order chi connectivity index (χ1) is 7.22. The average molecular weight is 286 g/mol. The summed E-state index contributed by atoms with van der Waals surface area (Å²) in [5, 5.41) is 6.07. The van der Waals surface area contributed by atoms with E-state index < -0.39 is 0 Å². The zero-order valence-corrected chi connectivity index (χ0v) is 12.3. The number of nitrogens with zero attached hydrogens (tertiary/aromatic N) is 1. The Hall–Kier alpha value is -0.0300. The topological polar surface area (TPSA) is 44.4 Å². The van der Waals surface area contributed by atoms with E-state index >= 15 is 0 Å². The quantitative estimate of drug-likeness (QED) is 0.697. The summed E-state index contributed by atoms with van der Waals surface area (Å²) in [6.07, 6.45) is 2.66. The summed E-state index contributed by atoms with van der Waals surface area (Å²) < 4.78 is 0. The molecule has 0 radical (unpaired) electrons. The standard InChI is InChI=1S/C11H23N3O.2ClH/c1-3-14(2)7-6-13-11(15)9-12-8-10-4-5-10;;/h10,12H,3-9H2,1-2H3,(H,13,15);2*1H. The molecule has 17 heavy (non-hydrogen) atoms. The van der Waals surface area contributed by atoms with Crippen molar-refractivity contribution in [3.63, 3.8) is 0 Å². The fraction of sp³-hybridized carbons (Fsp3) is 0.909. The number of carbonyl (C=O) groups is 1. The van der Waals surface area contributed by atoms with Gasteiger partial charge in [0.2, 0.25) is 5.91 Å². The SMILES string of the molecule is CCN(C)CCNC(=O)CNCC1CC1.Cl.Cl. The first-order valence-corrected chi connectivity index (χ1v) is 5.88. The Morgan fingerprint density at radius 2 is 2.00 bits per heavy atom. The van der Waals surface area contributed by atoms with Crippen molar-refractivity contribution >= 4 is 30.7 Å². The number of halogens is 2. The molecule has 0 aromatic carbocycles. The van der Waals surface area contributed by atoms with Gasteiger partial charge in [0.15, 0.2) is 0 Å². The predicted octanol–water partition coefficient (Wildman–Crippen LogP) is 0.898. The minimum atomic E-state index is 0. The number of carbonyl (C=O) groups excluding carboxylic acids is 1. The predicted molar refractivity (Wildman–Crippen MR) is 76.3 cm³/mol. The number of hydrogen-bond donors (Lipinski definition) is 2. The Kier molecular flexibility index (Phi) is 12.6. The van der Waals surface area contributed by atoms with Crippen molar-refractivity contribution in [2.75, 3.05) is 39.8 Å². The molecule has 0 aromatic heterocycles. The molecule has 0 heterocycles. The second kappa shape index (κ2) is 11.1. The molecular formula is C11H25Cl2N3O. The average Bonchev–Trinajstić information content (AvgIpc) is 3.01. The first kappa shape index (κ1) is 19.3. The lowest BCUT2D eigenvalue weighted by atomic mass is 10.4. The van der Waals surface area contributed by atoms with Gasteiger partial charge in [-0.05, 0) is 38.9 Å². The normalized spacial score (nSPS) is 13.8. The third-order valence-corrected chi connectivity index (χ3v) is 2.77. The van der Waals surface area contributed by atoms with Crippen molar-refractivity contribution in [2.45, 2.75) is 19.8 Å². The van der Waals surface area contributed by atoms with Gasteiger partial charge in [0.05, 0.1) is 6.54 Å². The van der Waals surface area contributed by atoms with Crippen LogP contribution >= 0.6 is 24.8 Å². The maximum Gasteiger partial charge on any atom is 0.234 e. The highest BCUT2D eigenvalue weighted by molar-refractivity contribution is 5.85. The number of amides is 1. The van der Waals surface area contributed by atoms with Crippen LogP contribution in [0.25, 0.3) is 0 Å². The zero-order chi connectivity index (χ0) is 11.1. The molecule has 1 aliphatic rings. The summed E-state index contributed by atoms with van der Waals surface area (Å²) >= 11 is 0. The van der Waals surface area contributed by atoms with Gasteiger partial charge in [-0.15, -0.1) is 24.8 Å². The van der Waals surface area contributed by atoms with Crippen LogP contribution < -0.4 is 10.6 Å². The Bertz CT molecular complexity index is 201. The molecule has 1 saturated carbocycles. The molecule has 0 aromatic rings. The molecule has 0 saturated heterocycles. The third-order valence-electron chi connectivity index (χ3n) is 2.77. The highest BCUT2D eigenvalue weighted by Gasteiger charge is 2.20. The summed E-state index contributed by atoms with van der Waals surface area (Å²) in [7, 11) is 2.05. The third kappa shape index (κ3) is 10.8. The fourth-order valence-corrected chi connectivity index (χ4v) is 1.32. The molecule has 6 heteroatoms. The van der Waals surface area contributed by atoms with Crippen LogP contribution in [0.2, 0.25) is 0 Å². The molecule has 1 rings (SSSR count). The van der Waals surface area contributed by atoms with Crippen LogP contribution in [-0.4, -0.2) is 50.6 Å². The van der Waals surface area contributed by atoms with Crippen molar-refractivity contribution in [2.24, 2.45) is 5.92 Å². The van der Waals surface area contributed by atoms with Crippen LogP contribution in [0.15, 0.2) is 0 Å². The van der Waals surface area contributed by atoms with Gasteiger partial charge in [-0.2, -0.15) is 0 Å². The molecule has 2 N–H and O–H groups in total. The number of hydrogen-bond acceptors (Lipinski definition) is 3. The van der Waals surface area contributed by atoms with Crippen molar-refractivity contribution in [1.29, 1.82) is 0 Å². The van der Waals surface area contributed by atoms with E-state index in [0.29, 0.717) is 6.54 Å². The highest BCUT2D eigenvalue weighted by atomic mass is 35.5. The molecule has 4 nitrogen and oxygen atoms in total. The number of rotatable bonds is 8. The lowest BCUT2D eigenvalue weighted by Gasteiger charge is -2.14. The summed E-state index contributed by atoms with van der Waals surface area (Å²) in [5.74, 6) is 0.948. The first-order valence-electron chi connectivity index (χ1n) is 5.88.